The number of nitrogens with zero attached hydrogens (tertiary/aromatic N) is 2. The summed E-state index contributed by atoms with van der Waals surface area (Å²) in [5.74, 6) is -0.565. The van der Waals surface area contributed by atoms with Crippen LogP contribution in [0.4, 0.5) is 0 Å². The van der Waals surface area contributed by atoms with E-state index < -0.39 is 33.3 Å². The molecule has 0 unspecified atom stereocenters. The minimum absolute atomic E-state index is 0.00616. The van der Waals surface area contributed by atoms with Gasteiger partial charge in [0, 0.05) is 22.7 Å². The third-order valence-corrected chi connectivity index (χ3v) is 12.8. The van der Waals surface area contributed by atoms with Gasteiger partial charge in [-0.05, 0) is 77.3 Å². The summed E-state index contributed by atoms with van der Waals surface area (Å²) in [6.07, 6.45) is 2.46. The Morgan fingerprint density at radius 2 is 1.58 bits per heavy atom. The average Bonchev–Trinajstić information content (AvgIpc) is 3.24. The first-order valence-corrected chi connectivity index (χ1v) is 15.3. The molecule has 198 valence electrons. The smallest absolute Gasteiger partial charge is 0.262 e. The van der Waals surface area contributed by atoms with Crippen LogP contribution in [0.15, 0.2) is 24.3 Å². The van der Waals surface area contributed by atoms with Gasteiger partial charge in [-0.1, -0.05) is 37.7 Å². The fourth-order valence-corrected chi connectivity index (χ4v) is 11.6. The summed E-state index contributed by atoms with van der Waals surface area (Å²) in [5, 5.41) is -0.452. The van der Waals surface area contributed by atoms with Crippen molar-refractivity contribution in [3.63, 3.8) is 0 Å². The number of thioether (sulfide) groups is 1. The van der Waals surface area contributed by atoms with Crippen LogP contribution in [0.3, 0.4) is 0 Å². The number of rotatable bonds is 8. The Morgan fingerprint density at radius 1 is 1.06 bits per heavy atom. The number of hydrogen-bond donors (Lipinski definition) is 0. The molecule has 4 atom stereocenters. The Labute approximate surface area is 219 Å². The van der Waals surface area contributed by atoms with Crippen LogP contribution in [-0.4, -0.2) is 63.7 Å². The minimum Gasteiger partial charge on any atom is -0.285 e. The van der Waals surface area contributed by atoms with Gasteiger partial charge < -0.3 is 0 Å². The lowest BCUT2D eigenvalue weighted by atomic mass is 9.70. The van der Waals surface area contributed by atoms with Crippen molar-refractivity contribution in [2.45, 2.75) is 91.1 Å². The molecule has 2 bridgehead atoms. The predicted molar refractivity (Wildman–Crippen MR) is 142 cm³/mol. The minimum atomic E-state index is -3.59. The largest absolute Gasteiger partial charge is 0.285 e. The molecular weight excluding hydrogens is 496 g/mol. The van der Waals surface area contributed by atoms with Crippen LogP contribution in [0.1, 0.15) is 88.4 Å². The molecular formula is C27H38N2O5S2. The number of carbonyl (C=O) groups excluding carboxylic acids is 3. The van der Waals surface area contributed by atoms with Crippen molar-refractivity contribution < 1.29 is 22.8 Å². The van der Waals surface area contributed by atoms with Crippen molar-refractivity contribution in [2.75, 3.05) is 5.75 Å². The number of benzene rings is 1. The van der Waals surface area contributed by atoms with E-state index in [0.29, 0.717) is 17.0 Å². The third kappa shape index (κ3) is 4.06. The van der Waals surface area contributed by atoms with E-state index in [2.05, 4.69) is 13.8 Å². The molecule has 9 heteroatoms. The second kappa shape index (κ2) is 9.24. The monoisotopic (exact) mass is 534 g/mol. The van der Waals surface area contributed by atoms with E-state index in [4.69, 9.17) is 0 Å². The second-order valence-electron chi connectivity index (χ2n) is 11.8. The zero-order valence-corrected chi connectivity index (χ0v) is 23.9. The quantitative estimate of drug-likeness (QED) is 0.454. The van der Waals surface area contributed by atoms with Gasteiger partial charge in [0.2, 0.25) is 15.1 Å². The molecule has 1 aliphatic heterocycles. The molecule has 1 heterocycles. The Balaban J connectivity index is 1.60. The summed E-state index contributed by atoms with van der Waals surface area (Å²) in [4.78, 5) is 40.5. The highest BCUT2D eigenvalue weighted by Crippen LogP contribution is 2.69. The molecule has 2 fully saturated rings. The van der Waals surface area contributed by atoms with E-state index in [1.165, 1.54) is 0 Å². The molecule has 36 heavy (non-hydrogen) atoms. The molecule has 0 N–H and O–H groups in total. The number of amides is 2. The van der Waals surface area contributed by atoms with Gasteiger partial charge in [-0.15, -0.1) is 0 Å². The standard InChI is InChI=1S/C27H38N2O5S2/c1-16(2)29(17(3)4)36(33,34)15-27-13-12-19(26(27,6)7)14-22(27)35-25(32)18(5)28-23(30)20-10-8-9-11-21(20)24(28)31/h8-11,16-19,22H,12-15H2,1-7H3/t18-,19-,22-,27-/m1/s1. The van der Waals surface area contributed by atoms with Gasteiger partial charge >= 0.3 is 0 Å². The van der Waals surface area contributed by atoms with Gasteiger partial charge in [-0.25, -0.2) is 8.42 Å². The summed E-state index contributed by atoms with van der Waals surface area (Å²) < 4.78 is 29.1. The SMILES string of the molecule is CC(C)N(C(C)C)S(=O)(=O)C[C@]12CC[C@H](C[C@H]1SC(=O)[C@@H](C)N1C(=O)c3ccccc3C1=O)C2(C)C. The van der Waals surface area contributed by atoms with Gasteiger partial charge in [0.25, 0.3) is 11.8 Å². The molecule has 2 aliphatic carbocycles. The zero-order chi connectivity index (χ0) is 26.8. The number of imide groups is 1. The Morgan fingerprint density at radius 3 is 2.06 bits per heavy atom. The fraction of sp³-hybridized carbons (Fsp3) is 0.667. The van der Waals surface area contributed by atoms with Crippen LogP contribution in [0, 0.1) is 16.7 Å². The molecule has 1 aromatic carbocycles. The van der Waals surface area contributed by atoms with E-state index in [1.807, 2.05) is 27.7 Å². The van der Waals surface area contributed by atoms with Crippen LogP contribution in [0.25, 0.3) is 0 Å². The maximum absolute atomic E-state index is 13.8. The van der Waals surface area contributed by atoms with E-state index in [-0.39, 0.29) is 33.6 Å². The van der Waals surface area contributed by atoms with Crippen LogP contribution in [-0.2, 0) is 14.8 Å². The maximum atomic E-state index is 13.8. The van der Waals surface area contributed by atoms with Crippen molar-refractivity contribution in [1.82, 2.24) is 9.21 Å². The Kier molecular flexibility index (Phi) is 7.01. The maximum Gasteiger partial charge on any atom is 0.262 e. The second-order valence-corrected chi connectivity index (χ2v) is 14.8. The molecule has 0 aromatic heterocycles. The molecule has 0 spiro atoms. The molecule has 0 radical (unpaired) electrons. The number of fused-ring (bicyclic) bond motifs is 3. The average molecular weight is 535 g/mol. The van der Waals surface area contributed by atoms with Crippen LogP contribution in [0.5, 0.6) is 0 Å². The van der Waals surface area contributed by atoms with Crippen molar-refractivity contribution in [3.8, 4) is 0 Å². The van der Waals surface area contributed by atoms with Gasteiger partial charge in [0.15, 0.2) is 0 Å². The van der Waals surface area contributed by atoms with E-state index >= 15 is 0 Å². The van der Waals surface area contributed by atoms with Gasteiger partial charge in [-0.2, -0.15) is 4.31 Å². The van der Waals surface area contributed by atoms with Crippen LogP contribution >= 0.6 is 11.8 Å². The first-order valence-electron chi connectivity index (χ1n) is 12.8. The lowest BCUT2D eigenvalue weighted by Crippen LogP contribution is -2.51. The third-order valence-electron chi connectivity index (χ3n) is 8.95. The zero-order valence-electron chi connectivity index (χ0n) is 22.3. The first kappa shape index (κ1) is 27.3. The van der Waals surface area contributed by atoms with Crippen LogP contribution < -0.4 is 0 Å². The molecule has 2 saturated carbocycles. The Hall–Kier alpha value is -1.71. The van der Waals surface area contributed by atoms with Crippen molar-refractivity contribution >= 4 is 38.7 Å². The molecule has 3 aliphatic rings. The van der Waals surface area contributed by atoms with Crippen molar-refractivity contribution in [1.29, 1.82) is 0 Å². The normalized spacial score (nSPS) is 28.0. The van der Waals surface area contributed by atoms with Gasteiger partial charge in [0.1, 0.15) is 6.04 Å². The first-order chi connectivity index (χ1) is 16.7. The summed E-state index contributed by atoms with van der Waals surface area (Å²) >= 11 is 1.15. The van der Waals surface area contributed by atoms with E-state index in [0.717, 1.165) is 35.9 Å². The lowest BCUT2D eigenvalue weighted by Gasteiger charge is -2.44. The lowest BCUT2D eigenvalue weighted by molar-refractivity contribution is -0.114. The molecule has 4 rings (SSSR count). The molecule has 1 aromatic rings. The summed E-state index contributed by atoms with van der Waals surface area (Å²) in [6.45, 7) is 13.5. The van der Waals surface area contributed by atoms with Crippen LogP contribution in [0.2, 0.25) is 0 Å². The highest BCUT2D eigenvalue weighted by atomic mass is 32.2. The molecule has 0 saturated heterocycles. The van der Waals surface area contributed by atoms with Crippen molar-refractivity contribution in [3.05, 3.63) is 35.4 Å². The fourth-order valence-electron chi connectivity index (χ4n) is 7.05. The predicted octanol–water partition coefficient (Wildman–Crippen LogP) is 4.57. The number of hydrogen-bond acceptors (Lipinski definition) is 6. The topological polar surface area (TPSA) is 91.8 Å². The highest BCUT2D eigenvalue weighted by molar-refractivity contribution is 8.14. The Bertz CT molecular complexity index is 1150. The highest BCUT2D eigenvalue weighted by Gasteiger charge is 2.66. The van der Waals surface area contributed by atoms with E-state index in [1.54, 1.807) is 35.5 Å². The van der Waals surface area contributed by atoms with E-state index in [9.17, 15) is 22.8 Å². The summed E-state index contributed by atoms with van der Waals surface area (Å²) in [6, 6.07) is 5.37. The number of sulfonamides is 1. The number of carbonyl (C=O) groups is 3. The van der Waals surface area contributed by atoms with Gasteiger partial charge in [-0.3, -0.25) is 19.3 Å². The summed E-state index contributed by atoms with van der Waals surface area (Å²) in [5.41, 5.74) is -0.159. The summed E-state index contributed by atoms with van der Waals surface area (Å²) in [7, 11) is -3.59. The van der Waals surface area contributed by atoms with Gasteiger partial charge in [0.05, 0.1) is 16.9 Å². The molecule has 7 nitrogen and oxygen atoms in total. The molecule has 2 amide bonds. The van der Waals surface area contributed by atoms with Crippen molar-refractivity contribution in [2.24, 2.45) is 16.7 Å².